The van der Waals surface area contributed by atoms with Crippen molar-refractivity contribution in [2.24, 2.45) is 4.99 Å². The summed E-state index contributed by atoms with van der Waals surface area (Å²) in [7, 11) is 0. The van der Waals surface area contributed by atoms with Crippen LogP contribution < -0.4 is 0 Å². The minimum absolute atomic E-state index is 0.161. The van der Waals surface area contributed by atoms with Gasteiger partial charge in [0.05, 0.1) is 12.6 Å². The molecule has 0 radical (unpaired) electrons. The van der Waals surface area contributed by atoms with E-state index in [0.717, 1.165) is 11.1 Å². The van der Waals surface area contributed by atoms with E-state index in [2.05, 4.69) is 4.99 Å². The van der Waals surface area contributed by atoms with Gasteiger partial charge in [-0.1, -0.05) is 35.3 Å². The van der Waals surface area contributed by atoms with Gasteiger partial charge in [-0.2, -0.15) is 0 Å². The molecule has 1 aliphatic heterocycles. The molecule has 0 aliphatic carbocycles. The van der Waals surface area contributed by atoms with Gasteiger partial charge >= 0.3 is 5.37 Å². The number of benzene rings is 2. The molecule has 1 amide bonds. The standard InChI is InChI=1S/C16H11Cl3N2O/c17-12-5-1-10(2-6-12)14-9-21(16(19)22)15(20-14)11-3-7-13(18)8-4-11/h1-8,14H,9H2. The molecule has 1 unspecified atom stereocenters. The highest BCUT2D eigenvalue weighted by Crippen LogP contribution is 2.29. The van der Waals surface area contributed by atoms with Gasteiger partial charge in [-0.15, -0.1) is 0 Å². The zero-order chi connectivity index (χ0) is 15.7. The molecule has 0 saturated heterocycles. The summed E-state index contributed by atoms with van der Waals surface area (Å²) in [5.41, 5.74) is 1.78. The number of hydrogen-bond acceptors (Lipinski definition) is 2. The van der Waals surface area contributed by atoms with Crippen LogP contribution in [-0.2, 0) is 0 Å². The van der Waals surface area contributed by atoms with Crippen molar-refractivity contribution in [3.05, 3.63) is 69.7 Å². The fourth-order valence-corrected chi connectivity index (χ4v) is 2.77. The lowest BCUT2D eigenvalue weighted by atomic mass is 10.1. The van der Waals surface area contributed by atoms with E-state index in [0.29, 0.717) is 22.4 Å². The second kappa shape index (κ2) is 6.29. The summed E-state index contributed by atoms with van der Waals surface area (Å²) in [5, 5.41) is 0.736. The van der Waals surface area contributed by atoms with Crippen LogP contribution in [0.15, 0.2) is 53.5 Å². The second-order valence-corrected chi connectivity index (χ2v) is 6.09. The molecule has 2 aromatic rings. The molecule has 0 N–H and O–H groups in total. The van der Waals surface area contributed by atoms with E-state index >= 15 is 0 Å². The number of carbonyl (C=O) groups excluding carboxylic acids is 1. The van der Waals surface area contributed by atoms with Gasteiger partial charge in [0.25, 0.3) is 0 Å². The Bertz CT molecular complexity index is 726. The van der Waals surface area contributed by atoms with Crippen molar-refractivity contribution in [3.8, 4) is 0 Å². The summed E-state index contributed by atoms with van der Waals surface area (Å²) in [6.07, 6.45) is 0. The number of hydrogen-bond donors (Lipinski definition) is 0. The maximum Gasteiger partial charge on any atom is 0.322 e. The molecule has 0 bridgehead atoms. The third kappa shape index (κ3) is 3.12. The fourth-order valence-electron chi connectivity index (χ4n) is 2.37. The van der Waals surface area contributed by atoms with E-state index in [9.17, 15) is 4.79 Å². The third-order valence-corrected chi connectivity index (χ3v) is 4.17. The first-order valence-corrected chi connectivity index (χ1v) is 7.74. The first-order valence-electron chi connectivity index (χ1n) is 6.61. The highest BCUT2D eigenvalue weighted by atomic mass is 35.5. The Morgan fingerprint density at radius 2 is 1.55 bits per heavy atom. The van der Waals surface area contributed by atoms with E-state index in [1.165, 1.54) is 4.90 Å². The Kier molecular flexibility index (Phi) is 4.39. The molecule has 3 nitrogen and oxygen atoms in total. The molecule has 2 aromatic carbocycles. The van der Waals surface area contributed by atoms with Crippen LogP contribution in [0.2, 0.25) is 10.0 Å². The molecule has 1 atom stereocenters. The number of amides is 1. The maximum absolute atomic E-state index is 11.7. The zero-order valence-electron chi connectivity index (χ0n) is 11.3. The van der Waals surface area contributed by atoms with Crippen LogP contribution in [0.5, 0.6) is 0 Å². The molecule has 1 aliphatic rings. The Morgan fingerprint density at radius 1 is 1.00 bits per heavy atom. The van der Waals surface area contributed by atoms with Crippen LogP contribution in [0.25, 0.3) is 0 Å². The van der Waals surface area contributed by atoms with E-state index < -0.39 is 5.37 Å². The SMILES string of the molecule is O=C(Cl)N1CC(c2ccc(Cl)cc2)N=C1c1ccc(Cl)cc1. The number of rotatable bonds is 2. The first kappa shape index (κ1) is 15.3. The van der Waals surface area contributed by atoms with E-state index in [-0.39, 0.29) is 6.04 Å². The van der Waals surface area contributed by atoms with Crippen LogP contribution in [0.1, 0.15) is 17.2 Å². The van der Waals surface area contributed by atoms with E-state index in [1.54, 1.807) is 24.3 Å². The molecule has 0 spiro atoms. The molecule has 0 fully saturated rings. The largest absolute Gasteiger partial charge is 0.322 e. The van der Waals surface area contributed by atoms with Crippen molar-refractivity contribution in [2.45, 2.75) is 6.04 Å². The number of halogens is 3. The molecule has 112 valence electrons. The van der Waals surface area contributed by atoms with Crippen molar-refractivity contribution < 1.29 is 4.79 Å². The summed E-state index contributed by atoms with van der Waals surface area (Å²) in [6.45, 7) is 0.405. The average molecular weight is 354 g/mol. The Balaban J connectivity index is 1.97. The number of carbonyl (C=O) groups is 1. The summed E-state index contributed by atoms with van der Waals surface area (Å²) in [5.74, 6) is 0.552. The molecule has 6 heteroatoms. The summed E-state index contributed by atoms with van der Waals surface area (Å²) in [6, 6.07) is 14.4. The normalized spacial score (nSPS) is 17.5. The van der Waals surface area contributed by atoms with Crippen molar-refractivity contribution in [1.29, 1.82) is 0 Å². The zero-order valence-corrected chi connectivity index (χ0v) is 13.6. The molecule has 3 rings (SSSR count). The summed E-state index contributed by atoms with van der Waals surface area (Å²) in [4.78, 5) is 17.8. The molecule has 0 saturated carbocycles. The third-order valence-electron chi connectivity index (χ3n) is 3.46. The first-order chi connectivity index (χ1) is 10.5. The van der Waals surface area contributed by atoms with Crippen molar-refractivity contribution in [1.82, 2.24) is 4.90 Å². The van der Waals surface area contributed by atoms with Crippen LogP contribution in [0, 0.1) is 0 Å². The quantitative estimate of drug-likeness (QED) is 0.542. The van der Waals surface area contributed by atoms with Gasteiger partial charge in [-0.25, -0.2) is 0 Å². The lowest BCUT2D eigenvalue weighted by Gasteiger charge is -2.15. The molecular formula is C16H11Cl3N2O. The molecule has 22 heavy (non-hydrogen) atoms. The van der Waals surface area contributed by atoms with Gasteiger partial charge in [0.1, 0.15) is 5.84 Å². The predicted molar refractivity (Wildman–Crippen MR) is 90.1 cm³/mol. The predicted octanol–water partition coefficient (Wildman–Crippen LogP) is 5.16. The van der Waals surface area contributed by atoms with E-state index in [1.807, 2.05) is 24.3 Å². The topological polar surface area (TPSA) is 32.7 Å². The monoisotopic (exact) mass is 352 g/mol. The van der Waals surface area contributed by atoms with Crippen molar-refractivity contribution >= 4 is 46.0 Å². The van der Waals surface area contributed by atoms with Gasteiger partial charge in [-0.3, -0.25) is 14.7 Å². The van der Waals surface area contributed by atoms with Gasteiger partial charge < -0.3 is 0 Å². The molecule has 1 heterocycles. The van der Waals surface area contributed by atoms with Gasteiger partial charge in [0.15, 0.2) is 0 Å². The fraction of sp³-hybridized carbons (Fsp3) is 0.125. The Labute approximate surface area is 143 Å². The second-order valence-electron chi connectivity index (χ2n) is 4.89. The van der Waals surface area contributed by atoms with Gasteiger partial charge in [-0.05, 0) is 53.6 Å². The lowest BCUT2D eigenvalue weighted by Crippen LogP contribution is -2.31. The maximum atomic E-state index is 11.7. The molecular weight excluding hydrogens is 343 g/mol. The summed E-state index contributed by atoms with van der Waals surface area (Å²) < 4.78 is 0. The molecule has 0 aromatic heterocycles. The van der Waals surface area contributed by atoms with Crippen LogP contribution in [0.3, 0.4) is 0 Å². The van der Waals surface area contributed by atoms with Gasteiger partial charge in [0, 0.05) is 15.6 Å². The van der Waals surface area contributed by atoms with Crippen LogP contribution in [-0.4, -0.2) is 22.6 Å². The highest BCUT2D eigenvalue weighted by molar-refractivity contribution is 6.64. The van der Waals surface area contributed by atoms with Gasteiger partial charge in [0.2, 0.25) is 0 Å². The van der Waals surface area contributed by atoms with Crippen LogP contribution >= 0.6 is 34.8 Å². The number of amidine groups is 1. The minimum atomic E-state index is -0.551. The van der Waals surface area contributed by atoms with Crippen molar-refractivity contribution in [2.75, 3.05) is 6.54 Å². The Morgan fingerprint density at radius 3 is 2.09 bits per heavy atom. The highest BCUT2D eigenvalue weighted by Gasteiger charge is 2.30. The smallest absolute Gasteiger partial charge is 0.280 e. The Hall–Kier alpha value is -1.55. The van der Waals surface area contributed by atoms with E-state index in [4.69, 9.17) is 34.8 Å². The number of aliphatic imine (C=N–C) groups is 1. The van der Waals surface area contributed by atoms with Crippen molar-refractivity contribution in [3.63, 3.8) is 0 Å². The van der Waals surface area contributed by atoms with Crippen LogP contribution in [0.4, 0.5) is 4.79 Å². The lowest BCUT2D eigenvalue weighted by molar-refractivity contribution is 0.244. The number of nitrogens with zero attached hydrogens (tertiary/aromatic N) is 2. The average Bonchev–Trinajstić information content (AvgIpc) is 2.94. The minimum Gasteiger partial charge on any atom is -0.280 e. The summed E-state index contributed by atoms with van der Waals surface area (Å²) >= 11 is 17.5.